The smallest absolute Gasteiger partial charge is 0.326 e. The van der Waals surface area contributed by atoms with Crippen molar-refractivity contribution >= 4 is 11.9 Å². The van der Waals surface area contributed by atoms with Crippen molar-refractivity contribution in [3.63, 3.8) is 0 Å². The zero-order valence-electron chi connectivity index (χ0n) is 13.1. The van der Waals surface area contributed by atoms with Gasteiger partial charge in [-0.2, -0.15) is 0 Å². The van der Waals surface area contributed by atoms with Gasteiger partial charge in [-0.3, -0.25) is 9.69 Å². The van der Waals surface area contributed by atoms with E-state index < -0.39 is 23.0 Å². The molecule has 0 aromatic rings. The van der Waals surface area contributed by atoms with Crippen LogP contribution in [0, 0.1) is 5.41 Å². The maximum absolute atomic E-state index is 12.5. The molecule has 116 valence electrons. The molecule has 6 nitrogen and oxygen atoms in total. The number of hydrogen-bond acceptors (Lipinski definition) is 4. The van der Waals surface area contributed by atoms with Crippen molar-refractivity contribution in [3.8, 4) is 0 Å². The summed E-state index contributed by atoms with van der Waals surface area (Å²) in [4.78, 5) is 25.9. The second-order valence-corrected chi connectivity index (χ2v) is 6.91. The summed E-state index contributed by atoms with van der Waals surface area (Å²) < 4.78 is 0. The SMILES string of the molecule is CC(C)(C)[C@H](NC(=O)C(C)(C)N1CCNCC1)C(=O)O. The van der Waals surface area contributed by atoms with Crippen LogP contribution < -0.4 is 10.6 Å². The van der Waals surface area contributed by atoms with Gasteiger partial charge in [0.25, 0.3) is 0 Å². The minimum Gasteiger partial charge on any atom is -0.480 e. The third-order valence-electron chi connectivity index (χ3n) is 3.85. The van der Waals surface area contributed by atoms with Crippen LogP contribution in [-0.2, 0) is 9.59 Å². The maximum Gasteiger partial charge on any atom is 0.326 e. The van der Waals surface area contributed by atoms with Gasteiger partial charge < -0.3 is 15.7 Å². The minimum absolute atomic E-state index is 0.235. The molecule has 1 saturated heterocycles. The van der Waals surface area contributed by atoms with Crippen LogP contribution in [0.1, 0.15) is 34.6 Å². The Bertz CT molecular complexity index is 368. The molecule has 6 heteroatoms. The minimum atomic E-state index is -0.998. The van der Waals surface area contributed by atoms with Crippen LogP contribution in [0.3, 0.4) is 0 Å². The van der Waals surface area contributed by atoms with Crippen molar-refractivity contribution in [2.45, 2.75) is 46.2 Å². The van der Waals surface area contributed by atoms with E-state index in [2.05, 4.69) is 15.5 Å². The highest BCUT2D eigenvalue weighted by molar-refractivity contribution is 5.89. The van der Waals surface area contributed by atoms with Crippen LogP contribution in [0.15, 0.2) is 0 Å². The molecule has 1 heterocycles. The van der Waals surface area contributed by atoms with E-state index in [9.17, 15) is 14.7 Å². The first-order valence-corrected chi connectivity index (χ1v) is 7.06. The molecule has 1 rings (SSSR count). The van der Waals surface area contributed by atoms with Gasteiger partial charge in [-0.25, -0.2) is 4.79 Å². The first-order valence-electron chi connectivity index (χ1n) is 7.06. The highest BCUT2D eigenvalue weighted by Crippen LogP contribution is 2.22. The average Bonchev–Trinajstić information content (AvgIpc) is 2.34. The summed E-state index contributed by atoms with van der Waals surface area (Å²) in [7, 11) is 0. The van der Waals surface area contributed by atoms with Crippen LogP contribution in [0.25, 0.3) is 0 Å². The number of nitrogens with one attached hydrogen (secondary N) is 2. The number of carboxylic acids is 1. The molecule has 1 aliphatic heterocycles. The zero-order chi connectivity index (χ0) is 15.6. The van der Waals surface area contributed by atoms with E-state index in [4.69, 9.17) is 0 Å². The van der Waals surface area contributed by atoms with E-state index in [0.29, 0.717) is 0 Å². The standard InChI is InChI=1S/C14H27N3O3/c1-13(2,3)10(11(18)19)16-12(20)14(4,5)17-8-6-15-7-9-17/h10,15H,6-9H2,1-5H3,(H,16,20)(H,18,19)/t10-/m1/s1. The molecule has 1 fully saturated rings. The van der Waals surface area contributed by atoms with Gasteiger partial charge >= 0.3 is 5.97 Å². The molecule has 1 aliphatic rings. The second-order valence-electron chi connectivity index (χ2n) is 6.91. The summed E-state index contributed by atoms with van der Waals surface area (Å²) in [5.74, 6) is -1.23. The van der Waals surface area contributed by atoms with Crippen LogP contribution >= 0.6 is 0 Å². The monoisotopic (exact) mass is 285 g/mol. The van der Waals surface area contributed by atoms with Gasteiger partial charge in [0.1, 0.15) is 6.04 Å². The van der Waals surface area contributed by atoms with Crippen molar-refractivity contribution in [1.82, 2.24) is 15.5 Å². The Labute approximate surface area is 120 Å². The fraction of sp³-hybridized carbons (Fsp3) is 0.857. The van der Waals surface area contributed by atoms with Crippen molar-refractivity contribution in [2.75, 3.05) is 26.2 Å². The number of carbonyl (C=O) groups is 2. The molecule has 0 aliphatic carbocycles. The van der Waals surface area contributed by atoms with Gasteiger partial charge in [0.15, 0.2) is 0 Å². The zero-order valence-corrected chi connectivity index (χ0v) is 13.1. The lowest BCUT2D eigenvalue weighted by Crippen LogP contribution is -2.63. The van der Waals surface area contributed by atoms with Gasteiger partial charge in [-0.1, -0.05) is 20.8 Å². The predicted octanol–water partition coefficient (Wildman–Crippen LogP) is 0.286. The molecule has 0 aromatic carbocycles. The lowest BCUT2D eigenvalue weighted by atomic mass is 9.86. The quantitative estimate of drug-likeness (QED) is 0.691. The van der Waals surface area contributed by atoms with E-state index in [1.807, 2.05) is 34.6 Å². The van der Waals surface area contributed by atoms with Crippen molar-refractivity contribution in [2.24, 2.45) is 5.41 Å². The first kappa shape index (κ1) is 16.9. The topological polar surface area (TPSA) is 81.7 Å². The van der Waals surface area contributed by atoms with E-state index in [-0.39, 0.29) is 5.91 Å². The number of aliphatic carboxylic acids is 1. The van der Waals surface area contributed by atoms with Crippen molar-refractivity contribution in [3.05, 3.63) is 0 Å². The Hall–Kier alpha value is -1.14. The summed E-state index contributed by atoms with van der Waals surface area (Å²) in [6.07, 6.45) is 0. The van der Waals surface area contributed by atoms with Crippen LogP contribution in [-0.4, -0.2) is 59.6 Å². The maximum atomic E-state index is 12.5. The number of amides is 1. The van der Waals surface area contributed by atoms with Crippen LogP contribution in [0.2, 0.25) is 0 Å². The van der Waals surface area contributed by atoms with Gasteiger partial charge in [0.2, 0.25) is 5.91 Å². The van der Waals surface area contributed by atoms with E-state index in [1.54, 1.807) is 0 Å². The van der Waals surface area contributed by atoms with Crippen LogP contribution in [0.4, 0.5) is 0 Å². The number of hydrogen-bond donors (Lipinski definition) is 3. The van der Waals surface area contributed by atoms with Crippen molar-refractivity contribution in [1.29, 1.82) is 0 Å². The molecule has 0 bridgehead atoms. The molecule has 0 unspecified atom stereocenters. The molecule has 0 spiro atoms. The number of nitrogens with zero attached hydrogens (tertiary/aromatic N) is 1. The molecule has 0 radical (unpaired) electrons. The lowest BCUT2D eigenvalue weighted by molar-refractivity contribution is -0.147. The number of rotatable bonds is 4. The number of carboxylic acid groups (broad SMARTS) is 1. The summed E-state index contributed by atoms with van der Waals surface area (Å²) in [6, 6.07) is -0.891. The molecule has 0 aromatic heterocycles. The normalized spacial score (nSPS) is 19.4. The van der Waals surface area contributed by atoms with E-state index in [0.717, 1.165) is 26.2 Å². The van der Waals surface area contributed by atoms with Gasteiger partial charge in [0, 0.05) is 26.2 Å². The summed E-state index contributed by atoms with van der Waals surface area (Å²) >= 11 is 0. The van der Waals surface area contributed by atoms with Gasteiger partial charge in [-0.05, 0) is 19.3 Å². The van der Waals surface area contributed by atoms with Gasteiger partial charge in [0.05, 0.1) is 5.54 Å². The average molecular weight is 285 g/mol. The highest BCUT2D eigenvalue weighted by atomic mass is 16.4. The lowest BCUT2D eigenvalue weighted by Gasteiger charge is -2.41. The summed E-state index contributed by atoms with van der Waals surface area (Å²) in [5, 5.41) is 15.2. The molecule has 1 atom stereocenters. The highest BCUT2D eigenvalue weighted by Gasteiger charge is 2.40. The Morgan fingerprint density at radius 1 is 1.15 bits per heavy atom. The third-order valence-corrected chi connectivity index (χ3v) is 3.85. The Morgan fingerprint density at radius 3 is 2.05 bits per heavy atom. The third kappa shape index (κ3) is 3.93. The Morgan fingerprint density at radius 2 is 1.65 bits per heavy atom. The predicted molar refractivity (Wildman–Crippen MR) is 77.5 cm³/mol. The summed E-state index contributed by atoms with van der Waals surface area (Å²) in [6.45, 7) is 12.4. The molecule has 20 heavy (non-hydrogen) atoms. The molecular weight excluding hydrogens is 258 g/mol. The number of piperazine rings is 1. The molecule has 3 N–H and O–H groups in total. The fourth-order valence-electron chi connectivity index (χ4n) is 2.32. The largest absolute Gasteiger partial charge is 0.480 e. The molecule has 1 amide bonds. The van der Waals surface area contributed by atoms with Gasteiger partial charge in [-0.15, -0.1) is 0 Å². The fourth-order valence-corrected chi connectivity index (χ4v) is 2.32. The Kier molecular flexibility index (Phi) is 5.15. The number of carbonyl (C=O) groups excluding carboxylic acids is 1. The molecular formula is C14H27N3O3. The first-order chi connectivity index (χ1) is 9.06. The van der Waals surface area contributed by atoms with E-state index in [1.165, 1.54) is 0 Å². The van der Waals surface area contributed by atoms with Crippen molar-refractivity contribution < 1.29 is 14.7 Å². The summed E-state index contributed by atoms with van der Waals surface area (Å²) in [5.41, 5.74) is -1.23. The molecule has 0 saturated carbocycles. The van der Waals surface area contributed by atoms with E-state index >= 15 is 0 Å². The van der Waals surface area contributed by atoms with Crippen LogP contribution in [0.5, 0.6) is 0 Å². The second kappa shape index (κ2) is 6.10. The Balaban J connectivity index is 2.79.